The van der Waals surface area contributed by atoms with Gasteiger partial charge in [-0.1, -0.05) is 46.3 Å². The molecule has 0 bridgehead atoms. The van der Waals surface area contributed by atoms with Crippen LogP contribution in [-0.4, -0.2) is 42.4 Å². The molecule has 3 aromatic rings. The number of nitrogens with one attached hydrogen (secondary N) is 2. The largest absolute Gasteiger partial charge is 0.496 e. The highest BCUT2D eigenvalue weighted by molar-refractivity contribution is 9.10. The van der Waals surface area contributed by atoms with E-state index in [1.807, 2.05) is 67.5 Å². The van der Waals surface area contributed by atoms with Crippen LogP contribution in [0.1, 0.15) is 11.1 Å². The Bertz CT molecular complexity index is 980. The molecule has 0 unspecified atom stereocenters. The van der Waals surface area contributed by atoms with Crippen LogP contribution >= 0.6 is 15.9 Å². The second-order valence-electron chi connectivity index (χ2n) is 6.27. The fourth-order valence-corrected chi connectivity index (χ4v) is 2.82. The number of hydrazone groups is 1. The average molecular weight is 456 g/mol. The zero-order chi connectivity index (χ0) is 20.6. The Labute approximate surface area is 178 Å². The highest BCUT2D eigenvalue weighted by Crippen LogP contribution is 2.21. The fourth-order valence-electron chi connectivity index (χ4n) is 2.44. The Kier molecular flexibility index (Phi) is 6.96. The molecule has 0 radical (unpaired) electrons. The van der Waals surface area contributed by atoms with Crippen LogP contribution in [0.15, 0.2) is 58.1 Å². The number of anilines is 3. The van der Waals surface area contributed by atoms with Crippen LogP contribution in [0.25, 0.3) is 0 Å². The van der Waals surface area contributed by atoms with Gasteiger partial charge in [0.2, 0.25) is 17.8 Å². The Morgan fingerprint density at radius 1 is 1.07 bits per heavy atom. The zero-order valence-corrected chi connectivity index (χ0v) is 18.0. The van der Waals surface area contributed by atoms with Gasteiger partial charge in [0.1, 0.15) is 5.75 Å². The van der Waals surface area contributed by atoms with E-state index in [-0.39, 0.29) is 0 Å². The van der Waals surface area contributed by atoms with Crippen LogP contribution in [0.2, 0.25) is 0 Å². The molecular weight excluding hydrogens is 434 g/mol. The maximum atomic E-state index is 5.35. The summed E-state index contributed by atoms with van der Waals surface area (Å²) in [5.74, 6) is 2.04. The van der Waals surface area contributed by atoms with E-state index in [2.05, 4.69) is 46.7 Å². The summed E-state index contributed by atoms with van der Waals surface area (Å²) in [6.45, 7) is 0.607. The lowest BCUT2D eigenvalue weighted by Gasteiger charge is -2.13. The van der Waals surface area contributed by atoms with Gasteiger partial charge in [0.25, 0.3) is 0 Å². The molecule has 9 heteroatoms. The summed E-state index contributed by atoms with van der Waals surface area (Å²) in [6, 6.07) is 15.7. The van der Waals surface area contributed by atoms with E-state index in [9.17, 15) is 0 Å². The molecular formula is C20H22BrN7O. The molecule has 29 heavy (non-hydrogen) atoms. The molecule has 0 saturated carbocycles. The molecule has 150 valence electrons. The first-order valence-corrected chi connectivity index (χ1v) is 9.68. The number of methoxy groups -OCH3 is 1. The summed E-state index contributed by atoms with van der Waals surface area (Å²) >= 11 is 3.45. The van der Waals surface area contributed by atoms with Gasteiger partial charge in [0.05, 0.1) is 13.3 Å². The van der Waals surface area contributed by atoms with Gasteiger partial charge in [-0.15, -0.1) is 0 Å². The van der Waals surface area contributed by atoms with Crippen molar-refractivity contribution >= 4 is 40.0 Å². The van der Waals surface area contributed by atoms with E-state index in [0.29, 0.717) is 30.1 Å². The van der Waals surface area contributed by atoms with Crippen molar-refractivity contribution < 1.29 is 4.74 Å². The average Bonchev–Trinajstić information content (AvgIpc) is 2.73. The smallest absolute Gasteiger partial charge is 0.250 e. The van der Waals surface area contributed by atoms with Crippen molar-refractivity contribution in [3.63, 3.8) is 0 Å². The van der Waals surface area contributed by atoms with Crippen molar-refractivity contribution in [2.45, 2.75) is 6.54 Å². The third-order valence-corrected chi connectivity index (χ3v) is 4.37. The Morgan fingerprint density at radius 3 is 2.55 bits per heavy atom. The number of rotatable bonds is 8. The molecule has 0 atom stereocenters. The van der Waals surface area contributed by atoms with Gasteiger partial charge < -0.3 is 15.0 Å². The minimum absolute atomic E-state index is 0.337. The molecule has 8 nitrogen and oxygen atoms in total. The molecule has 0 amide bonds. The number of nitrogens with zero attached hydrogens (tertiary/aromatic N) is 5. The molecule has 1 heterocycles. The summed E-state index contributed by atoms with van der Waals surface area (Å²) in [7, 11) is 5.36. The lowest BCUT2D eigenvalue weighted by atomic mass is 10.2. The quantitative estimate of drug-likeness (QED) is 0.394. The van der Waals surface area contributed by atoms with Crippen LogP contribution in [0.5, 0.6) is 5.75 Å². The molecule has 0 saturated heterocycles. The zero-order valence-electron chi connectivity index (χ0n) is 16.4. The van der Waals surface area contributed by atoms with Crippen LogP contribution in [0.4, 0.5) is 17.8 Å². The molecule has 0 fully saturated rings. The maximum absolute atomic E-state index is 5.35. The molecule has 0 aliphatic heterocycles. The van der Waals surface area contributed by atoms with Crippen molar-refractivity contribution in [1.29, 1.82) is 0 Å². The van der Waals surface area contributed by atoms with Crippen molar-refractivity contribution in [3.8, 4) is 5.75 Å². The number of hydrogen-bond acceptors (Lipinski definition) is 8. The van der Waals surface area contributed by atoms with Crippen LogP contribution < -0.4 is 20.4 Å². The molecule has 0 aliphatic rings. The fraction of sp³-hybridized carbons (Fsp3) is 0.200. The second-order valence-corrected chi connectivity index (χ2v) is 7.19. The van der Waals surface area contributed by atoms with Crippen molar-refractivity contribution in [3.05, 3.63) is 64.1 Å². The Hall–Kier alpha value is -3.20. The monoisotopic (exact) mass is 455 g/mol. The van der Waals surface area contributed by atoms with Gasteiger partial charge in [-0.25, -0.2) is 5.43 Å². The highest BCUT2D eigenvalue weighted by atomic mass is 79.9. The summed E-state index contributed by atoms with van der Waals surface area (Å²) in [4.78, 5) is 15.0. The third kappa shape index (κ3) is 5.89. The number of hydrogen-bond donors (Lipinski definition) is 2. The molecule has 0 spiro atoms. The third-order valence-electron chi connectivity index (χ3n) is 3.88. The van der Waals surface area contributed by atoms with E-state index in [0.717, 1.165) is 15.6 Å². The second kappa shape index (κ2) is 9.83. The Morgan fingerprint density at radius 2 is 1.83 bits per heavy atom. The summed E-state index contributed by atoms with van der Waals surface area (Å²) in [5.41, 5.74) is 4.82. The van der Waals surface area contributed by atoms with Crippen LogP contribution in [0.3, 0.4) is 0 Å². The van der Waals surface area contributed by atoms with Gasteiger partial charge >= 0.3 is 0 Å². The minimum Gasteiger partial charge on any atom is -0.496 e. The summed E-state index contributed by atoms with van der Waals surface area (Å²) in [5, 5.41) is 7.47. The van der Waals surface area contributed by atoms with E-state index >= 15 is 0 Å². The summed E-state index contributed by atoms with van der Waals surface area (Å²) < 4.78 is 6.28. The number of halogens is 1. The van der Waals surface area contributed by atoms with E-state index in [1.54, 1.807) is 13.3 Å². The topological polar surface area (TPSA) is 87.6 Å². The van der Waals surface area contributed by atoms with E-state index < -0.39 is 0 Å². The minimum atomic E-state index is 0.337. The van der Waals surface area contributed by atoms with Gasteiger partial charge in [-0.2, -0.15) is 20.1 Å². The van der Waals surface area contributed by atoms with Crippen molar-refractivity contribution in [2.75, 3.05) is 36.8 Å². The first-order valence-electron chi connectivity index (χ1n) is 8.89. The highest BCUT2D eigenvalue weighted by Gasteiger charge is 2.08. The molecule has 2 N–H and O–H groups in total. The number of ether oxygens (including phenoxy) is 1. The predicted molar refractivity (Wildman–Crippen MR) is 120 cm³/mol. The molecule has 2 aromatic carbocycles. The molecule has 1 aromatic heterocycles. The van der Waals surface area contributed by atoms with E-state index in [4.69, 9.17) is 4.74 Å². The predicted octanol–water partition coefficient (Wildman–Crippen LogP) is 3.77. The van der Waals surface area contributed by atoms with Crippen molar-refractivity contribution in [2.24, 2.45) is 5.10 Å². The molecule has 3 rings (SSSR count). The lowest BCUT2D eigenvalue weighted by Crippen LogP contribution is -2.16. The number of benzene rings is 2. The first-order chi connectivity index (χ1) is 14.0. The van der Waals surface area contributed by atoms with Crippen molar-refractivity contribution in [1.82, 2.24) is 15.0 Å². The SMILES string of the molecule is COc1ccc(Br)cc1/C=N/Nc1nc(NCc2ccccc2)nc(N(C)C)n1. The van der Waals surface area contributed by atoms with Gasteiger partial charge in [-0.05, 0) is 23.8 Å². The van der Waals surface area contributed by atoms with Crippen LogP contribution in [-0.2, 0) is 6.54 Å². The lowest BCUT2D eigenvalue weighted by molar-refractivity contribution is 0.414. The van der Waals surface area contributed by atoms with E-state index in [1.165, 1.54) is 0 Å². The Balaban J connectivity index is 1.76. The number of aromatic nitrogens is 3. The summed E-state index contributed by atoms with van der Waals surface area (Å²) in [6.07, 6.45) is 1.65. The normalized spacial score (nSPS) is 10.8. The van der Waals surface area contributed by atoms with Gasteiger partial charge in [-0.3, -0.25) is 0 Å². The molecule has 0 aliphatic carbocycles. The first kappa shape index (κ1) is 20.5. The maximum Gasteiger partial charge on any atom is 0.250 e. The van der Waals surface area contributed by atoms with Crippen LogP contribution in [0, 0.1) is 0 Å². The standard InChI is InChI=1S/C20H22BrN7O/c1-28(2)20-25-18(22-12-14-7-5-4-6-8-14)24-19(26-20)27-23-13-15-11-16(21)9-10-17(15)29-3/h4-11,13H,12H2,1-3H3,(H2,22,24,25,26,27)/b23-13+. The van der Waals surface area contributed by atoms with Gasteiger partial charge in [0.15, 0.2) is 0 Å². The van der Waals surface area contributed by atoms with Gasteiger partial charge in [0, 0.05) is 30.7 Å².